The van der Waals surface area contributed by atoms with Crippen LogP contribution in [0.3, 0.4) is 0 Å². The second-order valence-corrected chi connectivity index (χ2v) is 8.97. The molecule has 0 radical (unpaired) electrons. The highest BCUT2D eigenvalue weighted by molar-refractivity contribution is 7.13. The monoisotopic (exact) mass is 524 g/mol. The Hall–Kier alpha value is -3.58. The molecular weight excluding hydrogens is 509 g/mol. The number of halogens is 4. The average Bonchev–Trinajstić information content (AvgIpc) is 3.29. The number of aromatic nitrogens is 3. The molecule has 0 bridgehead atoms. The fourth-order valence-corrected chi connectivity index (χ4v) is 4.36. The number of hydrogen-bond donors (Lipinski definition) is 3. The number of nitrogens with one attached hydrogen (secondary N) is 3. The lowest BCUT2D eigenvalue weighted by molar-refractivity contribution is -0.137. The molecular formula is C21H16ClF3N6O3S. The zero-order valence-corrected chi connectivity index (χ0v) is 19.4. The molecule has 1 atom stereocenters. The number of thiazole rings is 1. The minimum atomic E-state index is -4.67. The molecule has 1 aromatic carbocycles. The van der Waals surface area contributed by atoms with Gasteiger partial charge in [0.15, 0.2) is 0 Å². The molecule has 0 saturated heterocycles. The second-order valence-electron chi connectivity index (χ2n) is 7.50. The number of benzene rings is 1. The predicted molar refractivity (Wildman–Crippen MR) is 121 cm³/mol. The third-order valence-electron chi connectivity index (χ3n) is 5.02. The van der Waals surface area contributed by atoms with Crippen molar-refractivity contribution in [3.63, 3.8) is 0 Å². The van der Waals surface area contributed by atoms with Crippen LogP contribution in [0.5, 0.6) is 0 Å². The van der Waals surface area contributed by atoms with Crippen molar-refractivity contribution in [1.82, 2.24) is 20.3 Å². The molecule has 0 aliphatic carbocycles. The second kappa shape index (κ2) is 9.58. The summed E-state index contributed by atoms with van der Waals surface area (Å²) in [4.78, 5) is 49.2. The molecule has 35 heavy (non-hydrogen) atoms. The largest absolute Gasteiger partial charge is 0.417 e. The zero-order valence-electron chi connectivity index (χ0n) is 17.9. The summed E-state index contributed by atoms with van der Waals surface area (Å²) in [6.07, 6.45) is -1.70. The van der Waals surface area contributed by atoms with Crippen molar-refractivity contribution in [1.29, 1.82) is 0 Å². The summed E-state index contributed by atoms with van der Waals surface area (Å²) in [5.41, 5.74) is -0.495. The maximum Gasteiger partial charge on any atom is 0.417 e. The van der Waals surface area contributed by atoms with Crippen LogP contribution >= 0.6 is 22.9 Å². The first-order valence-corrected chi connectivity index (χ1v) is 11.3. The van der Waals surface area contributed by atoms with Crippen LogP contribution in [-0.4, -0.2) is 32.7 Å². The van der Waals surface area contributed by atoms with Crippen molar-refractivity contribution in [3.05, 3.63) is 62.5 Å². The Labute approximate surface area is 205 Å². The Kier molecular flexibility index (Phi) is 6.72. The van der Waals surface area contributed by atoms with E-state index in [4.69, 9.17) is 11.6 Å². The number of alkyl halides is 3. The van der Waals surface area contributed by atoms with E-state index in [1.807, 2.05) is 0 Å². The predicted octanol–water partition coefficient (Wildman–Crippen LogP) is 4.23. The van der Waals surface area contributed by atoms with Gasteiger partial charge in [0, 0.05) is 17.7 Å². The van der Waals surface area contributed by atoms with E-state index in [1.165, 1.54) is 18.6 Å². The highest BCUT2D eigenvalue weighted by Gasteiger charge is 2.33. The van der Waals surface area contributed by atoms with Gasteiger partial charge >= 0.3 is 6.18 Å². The third kappa shape index (κ3) is 5.41. The van der Waals surface area contributed by atoms with Crippen molar-refractivity contribution in [2.75, 3.05) is 10.6 Å². The molecule has 9 nitrogen and oxygen atoms in total. The van der Waals surface area contributed by atoms with E-state index in [9.17, 15) is 27.6 Å². The van der Waals surface area contributed by atoms with Gasteiger partial charge in [-0.05, 0) is 31.5 Å². The number of amides is 3. The Morgan fingerprint density at radius 3 is 2.69 bits per heavy atom. The lowest BCUT2D eigenvalue weighted by Crippen LogP contribution is -2.30. The first kappa shape index (κ1) is 24.5. The van der Waals surface area contributed by atoms with E-state index >= 15 is 0 Å². The maximum absolute atomic E-state index is 13.1. The Morgan fingerprint density at radius 1 is 1.17 bits per heavy atom. The van der Waals surface area contributed by atoms with E-state index < -0.39 is 34.6 Å². The number of rotatable bonds is 5. The third-order valence-corrected chi connectivity index (χ3v) is 6.52. The Balaban J connectivity index is 1.44. The highest BCUT2D eigenvalue weighted by Crippen LogP contribution is 2.36. The zero-order chi connectivity index (χ0) is 25.3. The van der Waals surface area contributed by atoms with Gasteiger partial charge in [0.25, 0.3) is 11.8 Å². The van der Waals surface area contributed by atoms with Crippen LogP contribution in [0.25, 0.3) is 0 Å². The van der Waals surface area contributed by atoms with Crippen molar-refractivity contribution in [2.24, 2.45) is 0 Å². The molecule has 2 aromatic heterocycles. The number of fused-ring (bicyclic) bond motifs is 1. The molecule has 4 rings (SSSR count). The van der Waals surface area contributed by atoms with Crippen molar-refractivity contribution >= 4 is 52.2 Å². The SMILES string of the molecule is C[C@@H](NC(=O)c1ncnc2c1CCC(=O)N2)c1ncc(C(=O)Nc2ccc(Cl)c(C(F)(F)F)c2)s1. The van der Waals surface area contributed by atoms with Gasteiger partial charge in [-0.15, -0.1) is 11.3 Å². The molecule has 14 heteroatoms. The fourth-order valence-electron chi connectivity index (χ4n) is 3.32. The lowest BCUT2D eigenvalue weighted by atomic mass is 10.0. The van der Waals surface area contributed by atoms with Crippen molar-refractivity contribution in [2.45, 2.75) is 32.0 Å². The average molecular weight is 525 g/mol. The number of carbonyl (C=O) groups excluding carboxylic acids is 3. The maximum atomic E-state index is 13.1. The summed E-state index contributed by atoms with van der Waals surface area (Å²) in [6.45, 7) is 1.66. The van der Waals surface area contributed by atoms with E-state index in [-0.39, 0.29) is 34.4 Å². The molecule has 0 unspecified atom stereocenters. The van der Waals surface area contributed by atoms with Crippen LogP contribution in [0.1, 0.15) is 55.7 Å². The van der Waals surface area contributed by atoms with Crippen LogP contribution in [0.15, 0.2) is 30.7 Å². The van der Waals surface area contributed by atoms with E-state index in [0.29, 0.717) is 17.0 Å². The molecule has 1 aliphatic rings. The van der Waals surface area contributed by atoms with Gasteiger partial charge in [0.05, 0.1) is 22.8 Å². The van der Waals surface area contributed by atoms with Crippen LogP contribution in [-0.2, 0) is 17.4 Å². The van der Waals surface area contributed by atoms with Gasteiger partial charge in [-0.3, -0.25) is 14.4 Å². The van der Waals surface area contributed by atoms with Gasteiger partial charge in [0.2, 0.25) is 5.91 Å². The number of carbonyl (C=O) groups is 3. The van der Waals surface area contributed by atoms with Crippen molar-refractivity contribution in [3.8, 4) is 0 Å². The molecule has 3 amide bonds. The van der Waals surface area contributed by atoms with Gasteiger partial charge in [0.1, 0.15) is 27.7 Å². The first-order valence-electron chi connectivity index (χ1n) is 10.1. The van der Waals surface area contributed by atoms with Gasteiger partial charge in [-0.1, -0.05) is 11.6 Å². The summed E-state index contributed by atoms with van der Waals surface area (Å²) in [7, 11) is 0. The molecule has 3 aromatic rings. The minimum Gasteiger partial charge on any atom is -0.342 e. The van der Waals surface area contributed by atoms with Gasteiger partial charge in [-0.25, -0.2) is 15.0 Å². The summed E-state index contributed by atoms with van der Waals surface area (Å²) in [5, 5.41) is 7.64. The molecule has 0 fully saturated rings. The first-order chi connectivity index (χ1) is 16.5. The van der Waals surface area contributed by atoms with Crippen LogP contribution in [0, 0.1) is 0 Å². The molecule has 0 saturated carbocycles. The lowest BCUT2D eigenvalue weighted by Gasteiger charge is -2.18. The van der Waals surface area contributed by atoms with Crippen LogP contribution < -0.4 is 16.0 Å². The minimum absolute atomic E-state index is 0.0800. The molecule has 3 N–H and O–H groups in total. The molecule has 0 spiro atoms. The quantitative estimate of drug-likeness (QED) is 0.458. The van der Waals surface area contributed by atoms with E-state index in [1.54, 1.807) is 6.92 Å². The highest BCUT2D eigenvalue weighted by atomic mass is 35.5. The summed E-state index contributed by atoms with van der Waals surface area (Å²) in [5.74, 6) is -1.08. The summed E-state index contributed by atoms with van der Waals surface area (Å²) >= 11 is 6.57. The van der Waals surface area contributed by atoms with Crippen LogP contribution in [0.4, 0.5) is 24.7 Å². The number of anilines is 2. The van der Waals surface area contributed by atoms with Crippen molar-refractivity contribution < 1.29 is 27.6 Å². The van der Waals surface area contributed by atoms with Crippen LogP contribution in [0.2, 0.25) is 5.02 Å². The topological polar surface area (TPSA) is 126 Å². The smallest absolute Gasteiger partial charge is 0.342 e. The molecule has 182 valence electrons. The Bertz CT molecular complexity index is 1330. The van der Waals surface area contributed by atoms with E-state index in [0.717, 1.165) is 23.5 Å². The number of hydrogen-bond acceptors (Lipinski definition) is 7. The van der Waals surface area contributed by atoms with Gasteiger partial charge in [-0.2, -0.15) is 13.2 Å². The van der Waals surface area contributed by atoms with E-state index in [2.05, 4.69) is 30.9 Å². The molecule has 1 aliphatic heterocycles. The van der Waals surface area contributed by atoms with Gasteiger partial charge < -0.3 is 16.0 Å². The standard InChI is InChI=1S/C21H16ClF3N6O3S/c1-9(29-19(34)16-11-3-5-15(32)31-17(11)28-8-27-16)20-26-7-14(35-20)18(33)30-10-2-4-13(22)12(6-10)21(23,24)25/h2,4,6-9H,3,5H2,1H3,(H,29,34)(H,30,33)(H,27,28,31,32)/t9-/m1/s1. The normalized spacial score (nSPS) is 14.0. The summed E-state index contributed by atoms with van der Waals surface area (Å²) in [6, 6.07) is 2.44. The number of nitrogens with zero attached hydrogens (tertiary/aromatic N) is 3. The Morgan fingerprint density at radius 2 is 1.94 bits per heavy atom. The fraction of sp³-hybridized carbons (Fsp3) is 0.238. The summed E-state index contributed by atoms with van der Waals surface area (Å²) < 4.78 is 39.2. The molecule has 3 heterocycles.